The number of esters is 1. The summed E-state index contributed by atoms with van der Waals surface area (Å²) in [5, 5.41) is 3.16. The first-order chi connectivity index (χ1) is 11.8. The number of hydrogen-bond acceptors (Lipinski definition) is 5. The quantitative estimate of drug-likeness (QED) is 0.531. The maximum atomic E-state index is 12.3. The molecule has 0 aromatic carbocycles. The van der Waals surface area contributed by atoms with Crippen molar-refractivity contribution in [3.8, 4) is 0 Å². The predicted octanol–water partition coefficient (Wildman–Crippen LogP) is 3.84. The summed E-state index contributed by atoms with van der Waals surface area (Å²) in [4.78, 5) is 38.4. The molecule has 0 aliphatic heterocycles. The minimum atomic E-state index is -0.551. The van der Waals surface area contributed by atoms with E-state index in [1.165, 1.54) is 18.4 Å². The zero-order chi connectivity index (χ0) is 19.0. The normalized spacial score (nSPS) is 10.4. The molecule has 0 aliphatic rings. The molecule has 2 amide bonds. The number of carbonyl (C=O) groups excluding carboxylic acids is 3. The van der Waals surface area contributed by atoms with Crippen LogP contribution in [0.25, 0.3) is 0 Å². The molecule has 1 N–H and O–H groups in total. The van der Waals surface area contributed by atoms with Gasteiger partial charge < -0.3 is 15.0 Å². The summed E-state index contributed by atoms with van der Waals surface area (Å²) in [6, 6.07) is 0. The highest BCUT2D eigenvalue weighted by Gasteiger charge is 2.26. The number of carbonyl (C=O) groups is 3. The maximum Gasteiger partial charge on any atom is 0.341 e. The average Bonchev–Trinajstić information content (AvgIpc) is 2.89. The van der Waals surface area contributed by atoms with Crippen molar-refractivity contribution in [3.63, 3.8) is 0 Å². The third-order valence-electron chi connectivity index (χ3n) is 3.90. The molecule has 140 valence electrons. The number of rotatable bonds is 9. The first-order valence-corrected chi connectivity index (χ1v) is 9.38. The number of ether oxygens (including phenoxy) is 1. The molecule has 0 atom stereocenters. The molecular weight excluding hydrogens is 340 g/mol. The van der Waals surface area contributed by atoms with E-state index in [1.807, 2.05) is 0 Å². The topological polar surface area (TPSA) is 75.7 Å². The van der Waals surface area contributed by atoms with Crippen LogP contribution in [0.1, 0.15) is 71.0 Å². The SMILES string of the molecule is CCCCCCCC(=O)Nc1sc(C(=O)N(C)C)c(C)c1C(=O)OC. The number of nitrogens with zero attached hydrogens (tertiary/aromatic N) is 1. The third-order valence-corrected chi connectivity index (χ3v) is 5.09. The molecule has 6 nitrogen and oxygen atoms in total. The largest absolute Gasteiger partial charge is 0.465 e. The van der Waals surface area contributed by atoms with Crippen LogP contribution in [0.5, 0.6) is 0 Å². The van der Waals surface area contributed by atoms with Crippen LogP contribution in [0.4, 0.5) is 5.00 Å². The third kappa shape index (κ3) is 5.85. The number of thiophene rings is 1. The Morgan fingerprint density at radius 1 is 1.12 bits per heavy atom. The van der Waals surface area contributed by atoms with E-state index in [2.05, 4.69) is 12.2 Å². The van der Waals surface area contributed by atoms with Crippen LogP contribution in [0.15, 0.2) is 0 Å². The number of anilines is 1. The lowest BCUT2D eigenvalue weighted by Crippen LogP contribution is -2.21. The summed E-state index contributed by atoms with van der Waals surface area (Å²) in [6.45, 7) is 3.84. The molecule has 25 heavy (non-hydrogen) atoms. The summed E-state index contributed by atoms with van der Waals surface area (Å²) in [5.74, 6) is -0.899. The highest BCUT2D eigenvalue weighted by molar-refractivity contribution is 7.18. The zero-order valence-corrected chi connectivity index (χ0v) is 16.5. The molecule has 1 aromatic heterocycles. The van der Waals surface area contributed by atoms with E-state index in [9.17, 15) is 14.4 Å². The van der Waals surface area contributed by atoms with E-state index in [0.717, 1.165) is 37.0 Å². The van der Waals surface area contributed by atoms with Gasteiger partial charge in [-0.05, 0) is 18.9 Å². The molecule has 0 bridgehead atoms. The Bertz CT molecular complexity index is 623. The first-order valence-electron chi connectivity index (χ1n) is 8.56. The molecule has 1 rings (SSSR count). The second-order valence-electron chi connectivity index (χ2n) is 6.16. The Labute approximate surface area is 153 Å². The Morgan fingerprint density at radius 2 is 1.76 bits per heavy atom. The molecule has 0 spiro atoms. The van der Waals surface area contributed by atoms with E-state index in [0.29, 0.717) is 21.9 Å². The lowest BCUT2D eigenvalue weighted by atomic mass is 10.1. The fourth-order valence-electron chi connectivity index (χ4n) is 2.43. The first kappa shape index (κ1) is 21.2. The Balaban J connectivity index is 2.90. The highest BCUT2D eigenvalue weighted by Crippen LogP contribution is 2.34. The van der Waals surface area contributed by atoms with Gasteiger partial charge in [0.25, 0.3) is 5.91 Å². The Morgan fingerprint density at radius 3 is 2.32 bits per heavy atom. The van der Waals surface area contributed by atoms with Crippen LogP contribution >= 0.6 is 11.3 Å². The standard InChI is InChI=1S/C18H28N2O4S/c1-6-7-8-9-10-11-13(21)19-16-14(18(23)24-5)12(2)15(25-16)17(22)20(3)4/h6-11H2,1-5H3,(H,19,21). The van der Waals surface area contributed by atoms with Crippen molar-refractivity contribution in [2.45, 2.75) is 52.4 Å². The summed E-state index contributed by atoms with van der Waals surface area (Å²) in [5.41, 5.74) is 0.797. The summed E-state index contributed by atoms with van der Waals surface area (Å²) >= 11 is 1.12. The van der Waals surface area contributed by atoms with E-state index in [-0.39, 0.29) is 17.4 Å². The number of hydrogen-bond donors (Lipinski definition) is 1. The summed E-state index contributed by atoms with van der Waals surface area (Å²) in [7, 11) is 4.58. The van der Waals surface area contributed by atoms with Crippen LogP contribution in [-0.4, -0.2) is 43.9 Å². The predicted molar refractivity (Wildman–Crippen MR) is 100 cm³/mol. The van der Waals surface area contributed by atoms with Gasteiger partial charge in [-0.25, -0.2) is 4.79 Å². The monoisotopic (exact) mass is 368 g/mol. The number of methoxy groups -OCH3 is 1. The van der Waals surface area contributed by atoms with Gasteiger partial charge in [0.15, 0.2) is 0 Å². The molecule has 0 saturated heterocycles. The van der Waals surface area contributed by atoms with Gasteiger partial charge in [0.05, 0.1) is 17.6 Å². The van der Waals surface area contributed by atoms with Crippen molar-refractivity contribution in [3.05, 3.63) is 16.0 Å². The van der Waals surface area contributed by atoms with Gasteiger partial charge in [-0.2, -0.15) is 0 Å². The molecule has 1 heterocycles. The minimum Gasteiger partial charge on any atom is -0.465 e. The Hall–Kier alpha value is -1.89. The summed E-state index contributed by atoms with van der Waals surface area (Å²) in [6.07, 6.45) is 5.68. The molecule has 0 radical (unpaired) electrons. The summed E-state index contributed by atoms with van der Waals surface area (Å²) < 4.78 is 4.81. The van der Waals surface area contributed by atoms with Crippen LogP contribution in [0.3, 0.4) is 0 Å². The molecule has 0 fully saturated rings. The zero-order valence-electron chi connectivity index (χ0n) is 15.7. The lowest BCUT2D eigenvalue weighted by Gasteiger charge is -2.08. The van der Waals surface area contributed by atoms with Gasteiger partial charge in [-0.1, -0.05) is 32.6 Å². The fourth-order valence-corrected chi connectivity index (χ4v) is 3.67. The minimum absolute atomic E-state index is 0.147. The average molecular weight is 368 g/mol. The van der Waals surface area contributed by atoms with Crippen molar-refractivity contribution in [1.29, 1.82) is 0 Å². The molecule has 7 heteroatoms. The van der Waals surface area contributed by atoms with E-state index in [4.69, 9.17) is 4.74 Å². The van der Waals surface area contributed by atoms with Crippen LogP contribution in [-0.2, 0) is 9.53 Å². The van der Waals surface area contributed by atoms with Crippen molar-refractivity contribution >= 4 is 34.1 Å². The molecule has 0 saturated carbocycles. The maximum absolute atomic E-state index is 12.3. The number of amides is 2. The van der Waals surface area contributed by atoms with Crippen molar-refractivity contribution in [1.82, 2.24) is 4.90 Å². The second kappa shape index (κ2) is 10.2. The van der Waals surface area contributed by atoms with Gasteiger partial charge in [-0.3, -0.25) is 9.59 Å². The number of nitrogens with one attached hydrogen (secondary N) is 1. The highest BCUT2D eigenvalue weighted by atomic mass is 32.1. The molecule has 0 aliphatic carbocycles. The van der Waals surface area contributed by atoms with Gasteiger partial charge >= 0.3 is 5.97 Å². The molecule has 0 unspecified atom stereocenters. The number of unbranched alkanes of at least 4 members (excludes halogenated alkanes) is 4. The molecular formula is C18H28N2O4S. The lowest BCUT2D eigenvalue weighted by molar-refractivity contribution is -0.116. The van der Waals surface area contributed by atoms with Crippen molar-refractivity contribution in [2.75, 3.05) is 26.5 Å². The molecule has 1 aromatic rings. The fraction of sp³-hybridized carbons (Fsp3) is 0.611. The van der Waals surface area contributed by atoms with Gasteiger partial charge in [0, 0.05) is 20.5 Å². The van der Waals surface area contributed by atoms with Gasteiger partial charge in [0.1, 0.15) is 5.00 Å². The second-order valence-corrected chi connectivity index (χ2v) is 7.18. The van der Waals surface area contributed by atoms with E-state index in [1.54, 1.807) is 21.0 Å². The van der Waals surface area contributed by atoms with E-state index >= 15 is 0 Å². The smallest absolute Gasteiger partial charge is 0.341 e. The van der Waals surface area contributed by atoms with Crippen molar-refractivity contribution < 1.29 is 19.1 Å². The Kier molecular flexibility index (Phi) is 8.61. The van der Waals surface area contributed by atoms with Crippen LogP contribution in [0.2, 0.25) is 0 Å². The van der Waals surface area contributed by atoms with Crippen LogP contribution < -0.4 is 5.32 Å². The van der Waals surface area contributed by atoms with Crippen molar-refractivity contribution in [2.24, 2.45) is 0 Å². The van der Waals surface area contributed by atoms with Gasteiger partial charge in [-0.15, -0.1) is 11.3 Å². The van der Waals surface area contributed by atoms with E-state index < -0.39 is 5.97 Å². The van der Waals surface area contributed by atoms with Gasteiger partial charge in [0.2, 0.25) is 5.91 Å². The van der Waals surface area contributed by atoms with Crippen LogP contribution in [0, 0.1) is 6.92 Å².